The van der Waals surface area contributed by atoms with Gasteiger partial charge in [-0.1, -0.05) is 27.7 Å². The Hall–Kier alpha value is -0.940. The molecule has 2 aromatic heterocycles. The molecule has 0 spiro atoms. The quantitative estimate of drug-likeness (QED) is 0.855. The summed E-state index contributed by atoms with van der Waals surface area (Å²) >= 11 is 5.33. The van der Waals surface area contributed by atoms with Crippen molar-refractivity contribution in [3.63, 3.8) is 0 Å². The van der Waals surface area contributed by atoms with Gasteiger partial charge in [0.25, 0.3) is 0 Å². The maximum Gasteiger partial charge on any atom is 0.171 e. The van der Waals surface area contributed by atoms with Gasteiger partial charge in [0.05, 0.1) is 15.0 Å². The monoisotopic (exact) mass is 353 g/mol. The van der Waals surface area contributed by atoms with Gasteiger partial charge in [-0.05, 0) is 39.9 Å². The summed E-state index contributed by atoms with van der Waals surface area (Å²) < 4.78 is 0.957. The van der Waals surface area contributed by atoms with Crippen LogP contribution in [0, 0.1) is 0 Å². The van der Waals surface area contributed by atoms with Crippen molar-refractivity contribution in [3.05, 3.63) is 27.2 Å². The second-order valence-electron chi connectivity index (χ2n) is 5.67. The third kappa shape index (κ3) is 3.04. The fourth-order valence-electron chi connectivity index (χ4n) is 1.86. The lowest BCUT2D eigenvalue weighted by Crippen LogP contribution is -2.07. The number of hydrogen-bond donors (Lipinski definition) is 1. The van der Waals surface area contributed by atoms with Gasteiger partial charge in [-0.15, -0.1) is 11.3 Å². The molecule has 2 heterocycles. The molecular weight excluding hydrogens is 334 g/mol. The van der Waals surface area contributed by atoms with Crippen LogP contribution in [0.4, 0.5) is 5.82 Å². The van der Waals surface area contributed by atoms with Crippen LogP contribution in [0.1, 0.15) is 38.3 Å². The SMILES string of the molecule is CCc1nc(-c2ccc(C(C)(C)C)s2)nc(NC)c1Br. The highest BCUT2D eigenvalue weighted by Gasteiger charge is 2.18. The van der Waals surface area contributed by atoms with Gasteiger partial charge in [0.15, 0.2) is 5.82 Å². The zero-order chi connectivity index (χ0) is 14.9. The Balaban J connectivity index is 2.50. The summed E-state index contributed by atoms with van der Waals surface area (Å²) in [6, 6.07) is 4.30. The number of aromatic nitrogens is 2. The van der Waals surface area contributed by atoms with E-state index >= 15 is 0 Å². The van der Waals surface area contributed by atoms with Gasteiger partial charge in [0.1, 0.15) is 5.82 Å². The topological polar surface area (TPSA) is 37.8 Å². The lowest BCUT2D eigenvalue weighted by molar-refractivity contribution is 0.604. The Morgan fingerprint density at radius 2 is 1.95 bits per heavy atom. The van der Waals surface area contributed by atoms with Crippen LogP contribution in [0.5, 0.6) is 0 Å². The van der Waals surface area contributed by atoms with Crippen LogP contribution < -0.4 is 5.32 Å². The third-order valence-electron chi connectivity index (χ3n) is 3.06. The molecular formula is C15H20BrN3S. The minimum absolute atomic E-state index is 0.164. The van der Waals surface area contributed by atoms with E-state index in [1.165, 1.54) is 4.88 Å². The smallest absolute Gasteiger partial charge is 0.171 e. The lowest BCUT2D eigenvalue weighted by atomic mass is 9.95. The van der Waals surface area contributed by atoms with Gasteiger partial charge in [-0.3, -0.25) is 0 Å². The number of nitrogens with one attached hydrogen (secondary N) is 1. The van der Waals surface area contributed by atoms with E-state index in [2.05, 4.69) is 71.0 Å². The highest BCUT2D eigenvalue weighted by atomic mass is 79.9. The van der Waals surface area contributed by atoms with Gasteiger partial charge in [-0.2, -0.15) is 0 Å². The zero-order valence-electron chi connectivity index (χ0n) is 12.5. The second kappa shape index (κ2) is 5.82. The van der Waals surface area contributed by atoms with E-state index in [1.54, 1.807) is 11.3 Å². The Morgan fingerprint density at radius 3 is 2.45 bits per heavy atom. The molecule has 0 atom stereocenters. The molecule has 0 aromatic carbocycles. The predicted octanol–water partition coefficient (Wildman–Crippen LogP) is 4.87. The first-order valence-electron chi connectivity index (χ1n) is 6.71. The average Bonchev–Trinajstić information content (AvgIpc) is 2.88. The first-order chi connectivity index (χ1) is 9.36. The van der Waals surface area contributed by atoms with Gasteiger partial charge in [0, 0.05) is 11.9 Å². The van der Waals surface area contributed by atoms with Crippen LogP contribution in [0.3, 0.4) is 0 Å². The van der Waals surface area contributed by atoms with Crippen LogP contribution in [0.25, 0.3) is 10.7 Å². The molecule has 0 aliphatic carbocycles. The minimum Gasteiger partial charge on any atom is -0.372 e. The minimum atomic E-state index is 0.164. The van der Waals surface area contributed by atoms with Gasteiger partial charge in [-0.25, -0.2) is 9.97 Å². The van der Waals surface area contributed by atoms with E-state index in [0.717, 1.165) is 33.1 Å². The fourth-order valence-corrected chi connectivity index (χ4v) is 3.52. The Labute approximate surface area is 133 Å². The Bertz CT molecular complexity index is 589. The van der Waals surface area contributed by atoms with Gasteiger partial charge in [0.2, 0.25) is 0 Å². The molecule has 1 N–H and O–H groups in total. The van der Waals surface area contributed by atoms with Crippen molar-refractivity contribution in [2.75, 3.05) is 12.4 Å². The van der Waals surface area contributed by atoms with E-state index in [9.17, 15) is 0 Å². The third-order valence-corrected chi connectivity index (χ3v) is 5.40. The highest BCUT2D eigenvalue weighted by Crippen LogP contribution is 2.35. The van der Waals surface area contributed by atoms with E-state index in [1.807, 2.05) is 7.05 Å². The maximum absolute atomic E-state index is 4.68. The summed E-state index contributed by atoms with van der Waals surface area (Å²) in [5.74, 6) is 1.65. The molecule has 0 fully saturated rings. The second-order valence-corrected chi connectivity index (χ2v) is 7.55. The number of rotatable bonds is 3. The summed E-state index contributed by atoms with van der Waals surface area (Å²) in [7, 11) is 1.88. The number of hydrogen-bond acceptors (Lipinski definition) is 4. The summed E-state index contributed by atoms with van der Waals surface area (Å²) in [6.07, 6.45) is 0.877. The number of halogens is 1. The molecule has 2 aromatic rings. The average molecular weight is 354 g/mol. The summed E-state index contributed by atoms with van der Waals surface area (Å²) in [5.41, 5.74) is 1.20. The molecule has 0 saturated heterocycles. The molecule has 0 aliphatic rings. The number of thiophene rings is 1. The summed E-state index contributed by atoms with van der Waals surface area (Å²) in [4.78, 5) is 11.8. The molecule has 2 rings (SSSR count). The van der Waals surface area contributed by atoms with Crippen LogP contribution in [-0.2, 0) is 11.8 Å². The molecule has 0 aliphatic heterocycles. The van der Waals surface area contributed by atoms with Crippen molar-refractivity contribution in [3.8, 4) is 10.7 Å². The van der Waals surface area contributed by atoms with Crippen LogP contribution in [0.2, 0.25) is 0 Å². The molecule has 0 bridgehead atoms. The fraction of sp³-hybridized carbons (Fsp3) is 0.467. The molecule has 20 heavy (non-hydrogen) atoms. The van der Waals surface area contributed by atoms with Crippen molar-refractivity contribution in [1.82, 2.24) is 9.97 Å². The first kappa shape index (κ1) is 15.4. The van der Waals surface area contributed by atoms with E-state index in [4.69, 9.17) is 0 Å². The Morgan fingerprint density at radius 1 is 1.25 bits per heavy atom. The predicted molar refractivity (Wildman–Crippen MR) is 90.7 cm³/mol. The van der Waals surface area contributed by atoms with E-state index in [0.29, 0.717) is 0 Å². The van der Waals surface area contributed by atoms with Crippen molar-refractivity contribution >= 4 is 33.1 Å². The van der Waals surface area contributed by atoms with Crippen molar-refractivity contribution in [1.29, 1.82) is 0 Å². The van der Waals surface area contributed by atoms with Gasteiger partial charge >= 0.3 is 0 Å². The van der Waals surface area contributed by atoms with Gasteiger partial charge < -0.3 is 5.32 Å². The maximum atomic E-state index is 4.68. The molecule has 0 radical (unpaired) electrons. The molecule has 0 amide bonds. The molecule has 0 saturated carbocycles. The number of nitrogens with zero attached hydrogens (tertiary/aromatic N) is 2. The first-order valence-corrected chi connectivity index (χ1v) is 8.32. The van der Waals surface area contributed by atoms with Crippen molar-refractivity contribution in [2.45, 2.75) is 39.5 Å². The normalized spacial score (nSPS) is 11.7. The van der Waals surface area contributed by atoms with Crippen LogP contribution in [0.15, 0.2) is 16.6 Å². The van der Waals surface area contributed by atoms with Crippen molar-refractivity contribution < 1.29 is 0 Å². The van der Waals surface area contributed by atoms with E-state index < -0.39 is 0 Å². The summed E-state index contributed by atoms with van der Waals surface area (Å²) in [6.45, 7) is 8.77. The Kier molecular flexibility index (Phi) is 4.49. The standard InChI is InChI=1S/C15H20BrN3S/c1-6-9-12(16)14(17-5)19-13(18-9)10-7-8-11(20-10)15(2,3)4/h7-8H,6H2,1-5H3,(H,17,18,19). The van der Waals surface area contributed by atoms with E-state index in [-0.39, 0.29) is 5.41 Å². The highest BCUT2D eigenvalue weighted by molar-refractivity contribution is 9.10. The summed E-state index contributed by atoms with van der Waals surface area (Å²) in [5, 5.41) is 3.12. The zero-order valence-corrected chi connectivity index (χ0v) is 14.9. The molecule has 108 valence electrons. The van der Waals surface area contributed by atoms with Crippen LogP contribution >= 0.6 is 27.3 Å². The van der Waals surface area contributed by atoms with Crippen molar-refractivity contribution in [2.24, 2.45) is 0 Å². The molecule has 5 heteroatoms. The largest absolute Gasteiger partial charge is 0.372 e. The lowest BCUT2D eigenvalue weighted by Gasteiger charge is -2.15. The number of anilines is 1. The van der Waals surface area contributed by atoms with Crippen LogP contribution in [-0.4, -0.2) is 17.0 Å². The number of aryl methyl sites for hydroxylation is 1. The molecule has 3 nitrogen and oxygen atoms in total. The molecule has 0 unspecified atom stereocenters.